The predicted molar refractivity (Wildman–Crippen MR) is 229 cm³/mol. The lowest BCUT2D eigenvalue weighted by molar-refractivity contribution is 0.159. The van der Waals surface area contributed by atoms with Crippen LogP contribution in [-0.4, -0.2) is 123 Å². The van der Waals surface area contributed by atoms with Crippen molar-refractivity contribution in [3.63, 3.8) is 0 Å². The van der Waals surface area contributed by atoms with Crippen LogP contribution in [0, 0.1) is 6.92 Å². The zero-order valence-electron chi connectivity index (χ0n) is 37.6. The van der Waals surface area contributed by atoms with Gasteiger partial charge in [0, 0.05) is 92.6 Å². The van der Waals surface area contributed by atoms with Gasteiger partial charge in [-0.3, -0.25) is 0 Å². The smallest absolute Gasteiger partial charge is 0.231 e. The van der Waals surface area contributed by atoms with Crippen LogP contribution < -0.4 is 40.9 Å². The van der Waals surface area contributed by atoms with E-state index in [4.69, 9.17) is 29.9 Å². The predicted octanol–water partition coefficient (Wildman–Crippen LogP) is 5.54. The number of nitrogens with zero attached hydrogens (tertiary/aromatic N) is 10. The van der Waals surface area contributed by atoms with Crippen molar-refractivity contribution >= 4 is 29.7 Å². The molecule has 2 aromatic rings. The number of hydrogen-bond donors (Lipinski definition) is 4. The first-order valence-corrected chi connectivity index (χ1v) is 20.6. The summed E-state index contributed by atoms with van der Waals surface area (Å²) in [7, 11) is 8.47. The highest BCUT2D eigenvalue weighted by atomic mass is 15.4. The van der Waals surface area contributed by atoms with E-state index in [0.717, 1.165) is 63.3 Å². The van der Waals surface area contributed by atoms with E-state index in [1.807, 2.05) is 6.92 Å². The van der Waals surface area contributed by atoms with Gasteiger partial charge in [-0.1, -0.05) is 0 Å². The summed E-state index contributed by atoms with van der Waals surface area (Å²) in [6.45, 7) is 30.8. The van der Waals surface area contributed by atoms with Crippen LogP contribution in [-0.2, 0) is 0 Å². The fourth-order valence-electron chi connectivity index (χ4n) is 10.3. The maximum Gasteiger partial charge on any atom is 0.231 e. The van der Waals surface area contributed by atoms with Gasteiger partial charge < -0.3 is 40.9 Å². The number of aromatic nitrogens is 6. The Morgan fingerprint density at radius 1 is 0.491 bits per heavy atom. The molecule has 0 aromatic carbocycles. The minimum Gasteiger partial charge on any atom is -0.354 e. The Labute approximate surface area is 333 Å². The average molecular weight is 765 g/mol. The van der Waals surface area contributed by atoms with Crippen molar-refractivity contribution in [2.75, 3.05) is 66.2 Å². The van der Waals surface area contributed by atoms with Gasteiger partial charge in [0.2, 0.25) is 29.7 Å². The Hall–Kier alpha value is -3.10. The second kappa shape index (κ2) is 15.3. The lowest BCUT2D eigenvalue weighted by Gasteiger charge is -2.49. The number of aryl methyl sites for hydroxylation is 1. The molecular formula is C41H76N14. The molecule has 4 N–H and O–H groups in total. The normalized spacial score (nSPS) is 23.2. The molecule has 3 saturated heterocycles. The third-order valence-corrected chi connectivity index (χ3v) is 11.7. The summed E-state index contributed by atoms with van der Waals surface area (Å²) in [5.41, 5.74) is 0.0653. The van der Waals surface area contributed by atoms with Gasteiger partial charge >= 0.3 is 0 Å². The molecule has 55 heavy (non-hydrogen) atoms. The van der Waals surface area contributed by atoms with Crippen LogP contribution >= 0.6 is 0 Å². The monoisotopic (exact) mass is 765 g/mol. The van der Waals surface area contributed by atoms with E-state index < -0.39 is 0 Å². The number of rotatable bonds is 12. The van der Waals surface area contributed by atoms with E-state index in [1.165, 1.54) is 0 Å². The van der Waals surface area contributed by atoms with Crippen LogP contribution in [0.15, 0.2) is 0 Å². The van der Waals surface area contributed by atoms with Crippen molar-refractivity contribution in [3.05, 3.63) is 5.82 Å². The van der Waals surface area contributed by atoms with Gasteiger partial charge in [-0.2, -0.15) is 29.9 Å². The van der Waals surface area contributed by atoms with Crippen molar-refractivity contribution in [1.82, 2.24) is 45.9 Å². The van der Waals surface area contributed by atoms with Crippen molar-refractivity contribution in [3.8, 4) is 0 Å². The van der Waals surface area contributed by atoms with E-state index in [1.54, 1.807) is 0 Å². The second-order valence-electron chi connectivity index (χ2n) is 21.1. The minimum atomic E-state index is 0.00113. The van der Waals surface area contributed by atoms with Crippen molar-refractivity contribution < 1.29 is 0 Å². The Morgan fingerprint density at radius 3 is 1.16 bits per heavy atom. The van der Waals surface area contributed by atoms with Gasteiger partial charge in [0.05, 0.1) is 0 Å². The molecule has 14 heteroatoms. The van der Waals surface area contributed by atoms with Gasteiger partial charge in [0.25, 0.3) is 0 Å². The van der Waals surface area contributed by atoms with Crippen molar-refractivity contribution in [1.29, 1.82) is 0 Å². The molecule has 3 fully saturated rings. The molecule has 5 rings (SSSR count). The summed E-state index contributed by atoms with van der Waals surface area (Å²) in [5, 5.41) is 15.0. The number of hydrogen-bond acceptors (Lipinski definition) is 14. The van der Waals surface area contributed by atoms with E-state index in [2.05, 4.69) is 152 Å². The van der Waals surface area contributed by atoms with Crippen molar-refractivity contribution in [2.45, 2.75) is 186 Å². The topological polar surface area (TPSA) is 138 Å². The first kappa shape index (κ1) is 43.0. The third-order valence-electron chi connectivity index (χ3n) is 11.7. The highest BCUT2D eigenvalue weighted by molar-refractivity contribution is 5.46. The largest absolute Gasteiger partial charge is 0.354 e. The lowest BCUT2D eigenvalue weighted by atomic mass is 9.79. The van der Waals surface area contributed by atoms with Crippen LogP contribution in [0.4, 0.5) is 29.7 Å². The summed E-state index contributed by atoms with van der Waals surface area (Å²) >= 11 is 0. The van der Waals surface area contributed by atoms with Gasteiger partial charge in [-0.25, -0.2) is 0 Å². The summed E-state index contributed by atoms with van der Waals surface area (Å²) in [6.07, 6.45) is 6.87. The maximum absolute atomic E-state index is 5.16. The SMILES string of the molecule is Cc1nc(N(C)CCCNc2nc(N(C)C3CC(C)(C)NC(C)(C)C3)nc(N(C)C3CC(C)(C)NC(C)(C)C3)n2)nc(N(C)C2CC(C)(C)NC(C)(C)C2)n1. The molecule has 0 spiro atoms. The molecular weight excluding hydrogens is 689 g/mol. The van der Waals surface area contributed by atoms with Crippen molar-refractivity contribution in [2.24, 2.45) is 0 Å². The Kier molecular flexibility index (Phi) is 12.0. The summed E-state index contributed by atoms with van der Waals surface area (Å²) in [4.78, 5) is 38.7. The molecule has 0 radical (unpaired) electrons. The molecule has 3 aliphatic rings. The zero-order chi connectivity index (χ0) is 40.9. The van der Waals surface area contributed by atoms with Crippen LogP contribution in [0.25, 0.3) is 0 Å². The van der Waals surface area contributed by atoms with Gasteiger partial charge in [0.15, 0.2) is 0 Å². The zero-order valence-corrected chi connectivity index (χ0v) is 37.6. The Bertz CT molecular complexity index is 1520. The lowest BCUT2D eigenvalue weighted by Crippen LogP contribution is -2.62. The molecule has 0 amide bonds. The quantitative estimate of drug-likeness (QED) is 0.201. The van der Waals surface area contributed by atoms with Crippen LogP contribution in [0.3, 0.4) is 0 Å². The fourth-order valence-corrected chi connectivity index (χ4v) is 10.3. The first-order chi connectivity index (χ1) is 25.1. The van der Waals surface area contributed by atoms with E-state index in [-0.39, 0.29) is 45.3 Å². The molecule has 0 atom stereocenters. The Balaban J connectivity index is 1.31. The summed E-state index contributed by atoms with van der Waals surface area (Å²) < 4.78 is 0. The molecule has 310 valence electrons. The number of anilines is 5. The molecule has 5 heterocycles. The standard InChI is InChI=1S/C41H76N14/c1-27-43-32(47-33(44-27)53(15)28-21-36(2,3)49-37(4,5)22-28)52(14)20-18-19-42-31-45-34(54(16)29-23-38(6,7)50-39(8,9)24-29)48-35(46-31)55(17)30-25-40(10,11)51-41(12,13)26-30/h28-30,49-51H,18-26H2,1-17H3,(H,42,45,46,48). The summed E-state index contributed by atoms with van der Waals surface area (Å²) in [6, 6.07) is 0.889. The third kappa shape index (κ3) is 11.3. The summed E-state index contributed by atoms with van der Waals surface area (Å²) in [5.74, 6) is 4.17. The number of piperidine rings is 3. The van der Waals surface area contributed by atoms with Gasteiger partial charge in [-0.05, 0) is 135 Å². The molecule has 0 bridgehead atoms. The highest BCUT2D eigenvalue weighted by Crippen LogP contribution is 2.36. The molecule has 3 aliphatic heterocycles. The van der Waals surface area contributed by atoms with Gasteiger partial charge in [-0.15, -0.1) is 0 Å². The Morgan fingerprint density at radius 2 is 0.800 bits per heavy atom. The van der Waals surface area contributed by atoms with E-state index >= 15 is 0 Å². The highest BCUT2D eigenvalue weighted by Gasteiger charge is 2.43. The van der Waals surface area contributed by atoms with Gasteiger partial charge in [0.1, 0.15) is 5.82 Å². The number of nitrogens with one attached hydrogen (secondary N) is 4. The molecule has 14 nitrogen and oxygen atoms in total. The first-order valence-electron chi connectivity index (χ1n) is 20.6. The van der Waals surface area contributed by atoms with Crippen LogP contribution in [0.5, 0.6) is 0 Å². The molecule has 0 unspecified atom stereocenters. The van der Waals surface area contributed by atoms with Crippen LogP contribution in [0.1, 0.15) is 134 Å². The second-order valence-corrected chi connectivity index (χ2v) is 21.1. The minimum absolute atomic E-state index is 0.00113. The molecule has 2 aromatic heterocycles. The van der Waals surface area contributed by atoms with E-state index in [9.17, 15) is 0 Å². The average Bonchev–Trinajstić information content (AvgIpc) is 3.00. The molecule has 0 aliphatic carbocycles. The molecule has 0 saturated carbocycles. The fraction of sp³-hybridized carbons (Fsp3) is 0.854. The van der Waals surface area contributed by atoms with Crippen LogP contribution in [0.2, 0.25) is 0 Å². The van der Waals surface area contributed by atoms with E-state index in [0.29, 0.717) is 36.4 Å². The maximum atomic E-state index is 5.16.